The maximum Gasteiger partial charge on any atom is 0.320 e. The lowest BCUT2D eigenvalue weighted by molar-refractivity contribution is -0.120. The molecule has 3 aliphatic heterocycles. The van der Waals surface area contributed by atoms with Crippen molar-refractivity contribution in [3.05, 3.63) is 35.1 Å². The van der Waals surface area contributed by atoms with E-state index in [4.69, 9.17) is 10.8 Å². The number of hydrazine groups is 1. The number of carbonyl (C=O) groups excluding carboxylic acids is 1. The fourth-order valence-electron chi connectivity index (χ4n) is 6.99. The van der Waals surface area contributed by atoms with Gasteiger partial charge < -0.3 is 15.2 Å². The van der Waals surface area contributed by atoms with Crippen LogP contribution in [0.4, 0.5) is 9.18 Å². The highest BCUT2D eigenvalue weighted by Gasteiger charge is 2.57. The number of urea groups is 1. The molecule has 3 N–H and O–H groups in total. The summed E-state index contributed by atoms with van der Waals surface area (Å²) in [4.78, 5) is 24.0. The van der Waals surface area contributed by atoms with Crippen molar-refractivity contribution >= 4 is 11.9 Å². The standard InChI is InChI=1S/C26H37FN6O/c1-18-5-6-21(22(27)7-18)11-31-12-26(13-31)16-33(17-26)24(34)32-14-25(15-32)8-19(9-25)10-29-23(30-28)20-3-2-4-20/h5-7,19-20H,2-4,8-17,28H2,1H3,(H,29,30). The van der Waals surface area contributed by atoms with Gasteiger partial charge in [0.2, 0.25) is 0 Å². The number of halogens is 1. The van der Waals surface area contributed by atoms with Gasteiger partial charge in [-0.1, -0.05) is 18.6 Å². The van der Waals surface area contributed by atoms with E-state index in [1.165, 1.54) is 32.1 Å². The Morgan fingerprint density at radius 1 is 1.12 bits per heavy atom. The highest BCUT2D eigenvalue weighted by Crippen LogP contribution is 2.53. The van der Waals surface area contributed by atoms with Crippen molar-refractivity contribution in [2.45, 2.75) is 45.6 Å². The third-order valence-electron chi connectivity index (χ3n) is 8.97. The summed E-state index contributed by atoms with van der Waals surface area (Å²) in [6.45, 7) is 8.83. The minimum absolute atomic E-state index is 0.113. The smallest absolute Gasteiger partial charge is 0.320 e. The van der Waals surface area contributed by atoms with Crippen LogP contribution in [0, 0.1) is 35.4 Å². The molecule has 2 saturated carbocycles. The van der Waals surface area contributed by atoms with Crippen LogP contribution in [0.5, 0.6) is 0 Å². The lowest BCUT2D eigenvalue weighted by Crippen LogP contribution is -2.75. The van der Waals surface area contributed by atoms with E-state index in [9.17, 15) is 9.18 Å². The zero-order chi connectivity index (χ0) is 23.5. The van der Waals surface area contributed by atoms with Gasteiger partial charge in [-0.3, -0.25) is 9.89 Å². The second kappa shape index (κ2) is 8.19. The first kappa shape index (κ1) is 22.3. The van der Waals surface area contributed by atoms with Crippen LogP contribution in [-0.2, 0) is 6.54 Å². The summed E-state index contributed by atoms with van der Waals surface area (Å²) in [5.41, 5.74) is 5.10. The van der Waals surface area contributed by atoms with Gasteiger partial charge in [0.1, 0.15) is 11.7 Å². The van der Waals surface area contributed by atoms with Gasteiger partial charge in [0.15, 0.2) is 0 Å². The Balaban J connectivity index is 0.901. The van der Waals surface area contributed by atoms with Crippen LogP contribution in [0.15, 0.2) is 23.2 Å². The van der Waals surface area contributed by atoms with Crippen LogP contribution >= 0.6 is 0 Å². The third-order valence-corrected chi connectivity index (χ3v) is 8.97. The Bertz CT molecular complexity index is 979. The average Bonchev–Trinajstić information content (AvgIpc) is 2.64. The molecule has 184 valence electrons. The van der Waals surface area contributed by atoms with Crippen LogP contribution < -0.4 is 11.3 Å². The molecule has 0 bridgehead atoms. The van der Waals surface area contributed by atoms with E-state index < -0.39 is 0 Å². The Morgan fingerprint density at radius 2 is 1.79 bits per heavy atom. The maximum absolute atomic E-state index is 14.1. The number of amides is 2. The summed E-state index contributed by atoms with van der Waals surface area (Å²) in [6, 6.07) is 5.68. The molecular formula is C26H37FN6O. The minimum Gasteiger partial charge on any atom is -0.323 e. The van der Waals surface area contributed by atoms with Crippen LogP contribution in [0.1, 0.15) is 43.2 Å². The number of nitrogens with two attached hydrogens (primary N) is 1. The van der Waals surface area contributed by atoms with E-state index in [0.29, 0.717) is 23.8 Å². The molecule has 0 unspecified atom stereocenters. The quantitative estimate of drug-likeness (QED) is 0.302. The Kier molecular flexibility index (Phi) is 5.37. The van der Waals surface area contributed by atoms with Crippen molar-refractivity contribution in [2.24, 2.45) is 33.5 Å². The molecule has 2 amide bonds. The zero-order valence-electron chi connectivity index (χ0n) is 20.2. The number of likely N-dealkylation sites (tertiary alicyclic amines) is 3. The SMILES string of the molecule is Cc1ccc(CN2CC3(C2)CN(C(=O)N2CC4(CC(CN=C(NN)C5CCC5)C4)C2)C3)c(F)c1. The summed E-state index contributed by atoms with van der Waals surface area (Å²) >= 11 is 0. The first-order chi connectivity index (χ1) is 16.4. The Labute approximate surface area is 201 Å². The summed E-state index contributed by atoms with van der Waals surface area (Å²) in [7, 11) is 0. The summed E-state index contributed by atoms with van der Waals surface area (Å²) in [5, 5.41) is 0. The summed E-state index contributed by atoms with van der Waals surface area (Å²) < 4.78 is 14.1. The summed E-state index contributed by atoms with van der Waals surface area (Å²) in [6.07, 6.45) is 6.05. The molecule has 6 rings (SSSR count). The number of nitrogens with zero attached hydrogens (tertiary/aromatic N) is 4. The maximum atomic E-state index is 14.1. The molecule has 2 spiro atoms. The number of aryl methyl sites for hydroxylation is 1. The van der Waals surface area contributed by atoms with Crippen molar-refractivity contribution in [2.75, 3.05) is 45.8 Å². The van der Waals surface area contributed by atoms with E-state index in [-0.39, 0.29) is 17.3 Å². The van der Waals surface area contributed by atoms with Gasteiger partial charge in [-0.25, -0.2) is 15.0 Å². The molecule has 5 aliphatic rings. The van der Waals surface area contributed by atoms with Crippen molar-refractivity contribution < 1.29 is 9.18 Å². The average molecular weight is 469 g/mol. The molecule has 5 fully saturated rings. The first-order valence-electron chi connectivity index (χ1n) is 12.9. The van der Waals surface area contributed by atoms with E-state index in [0.717, 1.165) is 62.8 Å². The molecule has 0 radical (unpaired) electrons. The molecule has 1 aromatic carbocycles. The molecule has 0 aromatic heterocycles. The fourth-order valence-corrected chi connectivity index (χ4v) is 6.99. The molecule has 3 saturated heterocycles. The van der Waals surface area contributed by atoms with Gasteiger partial charge in [-0.15, -0.1) is 0 Å². The third kappa shape index (κ3) is 3.88. The molecular weight excluding hydrogens is 431 g/mol. The van der Waals surface area contributed by atoms with Gasteiger partial charge in [0.05, 0.1) is 0 Å². The Hall–Kier alpha value is -2.19. The van der Waals surface area contributed by atoms with E-state index in [2.05, 4.69) is 10.3 Å². The van der Waals surface area contributed by atoms with Crippen molar-refractivity contribution in [1.29, 1.82) is 0 Å². The largest absolute Gasteiger partial charge is 0.323 e. The van der Waals surface area contributed by atoms with E-state index >= 15 is 0 Å². The number of amidine groups is 1. The number of carbonyl (C=O) groups is 1. The number of benzene rings is 1. The number of hydrogen-bond acceptors (Lipinski definition) is 4. The van der Waals surface area contributed by atoms with Crippen molar-refractivity contribution in [3.63, 3.8) is 0 Å². The number of aliphatic imine (C=N–C) groups is 1. The Morgan fingerprint density at radius 3 is 2.38 bits per heavy atom. The predicted octanol–water partition coefficient (Wildman–Crippen LogP) is 2.75. The fraction of sp³-hybridized carbons (Fsp3) is 0.692. The zero-order valence-corrected chi connectivity index (χ0v) is 20.2. The van der Waals surface area contributed by atoms with Gasteiger partial charge in [-0.2, -0.15) is 0 Å². The molecule has 2 aliphatic carbocycles. The normalized spacial score (nSPS) is 25.9. The molecule has 0 atom stereocenters. The van der Waals surface area contributed by atoms with Crippen molar-refractivity contribution in [3.8, 4) is 0 Å². The first-order valence-corrected chi connectivity index (χ1v) is 12.9. The number of rotatable bonds is 5. The molecule has 1 aromatic rings. The number of hydrogen-bond donors (Lipinski definition) is 2. The lowest BCUT2D eigenvalue weighted by atomic mass is 9.58. The second-order valence-corrected chi connectivity index (χ2v) is 12.0. The summed E-state index contributed by atoms with van der Waals surface area (Å²) in [5.74, 6) is 7.71. The van der Waals surface area contributed by atoms with Crippen LogP contribution in [0.25, 0.3) is 0 Å². The van der Waals surface area contributed by atoms with Gasteiger partial charge in [-0.05, 0) is 50.2 Å². The molecule has 7 nitrogen and oxygen atoms in total. The van der Waals surface area contributed by atoms with Gasteiger partial charge in [0, 0.05) is 74.7 Å². The molecule has 8 heteroatoms. The molecule has 34 heavy (non-hydrogen) atoms. The topological polar surface area (TPSA) is 77.2 Å². The van der Waals surface area contributed by atoms with Crippen LogP contribution in [0.3, 0.4) is 0 Å². The molecule has 3 heterocycles. The highest BCUT2D eigenvalue weighted by atomic mass is 19.1. The van der Waals surface area contributed by atoms with E-state index in [1.807, 2.05) is 28.9 Å². The van der Waals surface area contributed by atoms with Crippen LogP contribution in [-0.4, -0.2) is 72.4 Å². The predicted molar refractivity (Wildman–Crippen MR) is 130 cm³/mol. The monoisotopic (exact) mass is 468 g/mol. The second-order valence-electron chi connectivity index (χ2n) is 12.0. The van der Waals surface area contributed by atoms with E-state index in [1.54, 1.807) is 6.07 Å². The van der Waals surface area contributed by atoms with Gasteiger partial charge >= 0.3 is 6.03 Å². The van der Waals surface area contributed by atoms with Gasteiger partial charge in [0.25, 0.3) is 0 Å². The lowest BCUT2D eigenvalue weighted by Gasteiger charge is -2.63. The minimum atomic E-state index is -0.113. The van der Waals surface area contributed by atoms with Crippen molar-refractivity contribution in [1.82, 2.24) is 20.1 Å². The van der Waals surface area contributed by atoms with Crippen LogP contribution in [0.2, 0.25) is 0 Å². The highest BCUT2D eigenvalue weighted by molar-refractivity contribution is 5.84. The number of nitrogens with one attached hydrogen (secondary N) is 1.